The maximum atomic E-state index is 8.55. The molecule has 60 valence electrons. The highest BCUT2D eigenvalue weighted by Crippen LogP contribution is 2.07. The van der Waals surface area contributed by atoms with Gasteiger partial charge in [-0.15, -0.1) is 0 Å². The molecule has 0 atom stereocenters. The minimum atomic E-state index is -0.000741. The van der Waals surface area contributed by atoms with E-state index < -0.39 is 0 Å². The highest BCUT2D eigenvalue weighted by Gasteiger charge is 2.06. The monoisotopic (exact) mass is 143 g/mol. The normalized spacial score (nSPS) is 13.9. The van der Waals surface area contributed by atoms with Gasteiger partial charge in [-0.3, -0.25) is 4.99 Å². The Morgan fingerprint density at radius 2 is 1.90 bits per heavy atom. The summed E-state index contributed by atoms with van der Waals surface area (Å²) in [5.41, 5.74) is 1.02. The average molecular weight is 143 g/mol. The molecular formula is C8H17NO. The summed E-state index contributed by atoms with van der Waals surface area (Å²) in [4.78, 5) is 4.36. The van der Waals surface area contributed by atoms with E-state index in [0.717, 1.165) is 5.71 Å². The van der Waals surface area contributed by atoms with E-state index in [0.29, 0.717) is 6.42 Å². The Morgan fingerprint density at radius 3 is 2.20 bits per heavy atom. The number of aliphatic hydroxyl groups excluding tert-OH is 1. The molecule has 0 heterocycles. The highest BCUT2D eigenvalue weighted by molar-refractivity contribution is 5.82. The first-order chi connectivity index (χ1) is 4.45. The Bertz CT molecular complexity index is 122. The van der Waals surface area contributed by atoms with Crippen molar-refractivity contribution in [2.24, 2.45) is 4.99 Å². The van der Waals surface area contributed by atoms with Gasteiger partial charge < -0.3 is 5.11 Å². The molecule has 0 amide bonds. The molecule has 10 heavy (non-hydrogen) atoms. The molecule has 0 unspecified atom stereocenters. The van der Waals surface area contributed by atoms with Gasteiger partial charge in [0.15, 0.2) is 0 Å². The molecule has 0 bridgehead atoms. The van der Waals surface area contributed by atoms with Crippen LogP contribution in [0.4, 0.5) is 0 Å². The van der Waals surface area contributed by atoms with Gasteiger partial charge in [-0.1, -0.05) is 0 Å². The second-order valence-corrected chi connectivity index (χ2v) is 3.49. The van der Waals surface area contributed by atoms with Crippen molar-refractivity contribution in [2.45, 2.75) is 39.7 Å². The van der Waals surface area contributed by atoms with E-state index in [2.05, 4.69) is 4.99 Å². The third-order valence-electron chi connectivity index (χ3n) is 1.000. The van der Waals surface area contributed by atoms with Crippen molar-refractivity contribution in [2.75, 3.05) is 6.61 Å². The molecule has 0 aromatic carbocycles. The zero-order chi connectivity index (χ0) is 8.20. The van der Waals surface area contributed by atoms with Crippen LogP contribution in [0, 0.1) is 0 Å². The summed E-state index contributed by atoms with van der Waals surface area (Å²) in [7, 11) is 0. The van der Waals surface area contributed by atoms with Crippen molar-refractivity contribution in [1.29, 1.82) is 0 Å². The van der Waals surface area contributed by atoms with E-state index in [1.54, 1.807) is 0 Å². The van der Waals surface area contributed by atoms with E-state index in [-0.39, 0.29) is 12.1 Å². The van der Waals surface area contributed by atoms with E-state index in [9.17, 15) is 0 Å². The molecule has 0 saturated carbocycles. The van der Waals surface area contributed by atoms with Gasteiger partial charge in [0.1, 0.15) is 0 Å². The molecule has 0 rings (SSSR count). The van der Waals surface area contributed by atoms with Gasteiger partial charge in [-0.2, -0.15) is 0 Å². The fourth-order valence-electron chi connectivity index (χ4n) is 0.790. The van der Waals surface area contributed by atoms with Gasteiger partial charge >= 0.3 is 0 Å². The molecule has 0 aliphatic heterocycles. The molecule has 0 aromatic rings. The molecule has 1 N–H and O–H groups in total. The minimum Gasteiger partial charge on any atom is -0.396 e. The van der Waals surface area contributed by atoms with Crippen LogP contribution in [-0.2, 0) is 0 Å². The van der Waals surface area contributed by atoms with Crippen LogP contribution in [0.1, 0.15) is 34.1 Å². The lowest BCUT2D eigenvalue weighted by atomic mass is 10.1. The second-order valence-electron chi connectivity index (χ2n) is 3.49. The fraction of sp³-hybridized carbons (Fsp3) is 0.875. The van der Waals surface area contributed by atoms with E-state index >= 15 is 0 Å². The predicted octanol–water partition coefficient (Wildman–Crippen LogP) is 1.63. The van der Waals surface area contributed by atoms with E-state index in [1.807, 2.05) is 27.7 Å². The SMILES string of the molecule is CC(CCO)=NC(C)(C)C. The Morgan fingerprint density at radius 1 is 1.40 bits per heavy atom. The molecular weight excluding hydrogens is 126 g/mol. The Hall–Kier alpha value is -0.370. The van der Waals surface area contributed by atoms with Crippen LogP contribution in [0.15, 0.2) is 4.99 Å². The number of hydrogen-bond acceptors (Lipinski definition) is 2. The van der Waals surface area contributed by atoms with Crippen LogP contribution in [0.25, 0.3) is 0 Å². The summed E-state index contributed by atoms with van der Waals surface area (Å²) in [6.45, 7) is 8.29. The molecule has 0 radical (unpaired) electrons. The van der Waals surface area contributed by atoms with Crippen LogP contribution in [0.2, 0.25) is 0 Å². The van der Waals surface area contributed by atoms with Gasteiger partial charge in [0.2, 0.25) is 0 Å². The van der Waals surface area contributed by atoms with Crippen LogP contribution >= 0.6 is 0 Å². The molecule has 2 heteroatoms. The smallest absolute Gasteiger partial charge is 0.0523 e. The number of aliphatic imine (C=N–C) groups is 1. The van der Waals surface area contributed by atoms with Gasteiger partial charge in [-0.05, 0) is 27.7 Å². The summed E-state index contributed by atoms with van der Waals surface area (Å²) in [5.74, 6) is 0. The van der Waals surface area contributed by atoms with Crippen LogP contribution in [0.3, 0.4) is 0 Å². The summed E-state index contributed by atoms with van der Waals surface area (Å²) >= 11 is 0. The Balaban J connectivity index is 3.90. The molecule has 0 spiro atoms. The first-order valence-electron chi connectivity index (χ1n) is 3.62. The van der Waals surface area contributed by atoms with Gasteiger partial charge in [0.05, 0.1) is 5.54 Å². The van der Waals surface area contributed by atoms with Gasteiger partial charge in [0, 0.05) is 18.7 Å². The second kappa shape index (κ2) is 3.71. The van der Waals surface area contributed by atoms with Crippen molar-refractivity contribution < 1.29 is 5.11 Å². The number of rotatable bonds is 2. The topological polar surface area (TPSA) is 32.6 Å². The van der Waals surface area contributed by atoms with Crippen LogP contribution < -0.4 is 0 Å². The highest BCUT2D eigenvalue weighted by atomic mass is 16.3. The first-order valence-corrected chi connectivity index (χ1v) is 3.62. The van der Waals surface area contributed by atoms with Crippen molar-refractivity contribution in [3.05, 3.63) is 0 Å². The lowest BCUT2D eigenvalue weighted by Crippen LogP contribution is -2.13. The molecule has 0 fully saturated rings. The van der Waals surface area contributed by atoms with Crippen LogP contribution in [0.5, 0.6) is 0 Å². The van der Waals surface area contributed by atoms with Crippen molar-refractivity contribution >= 4 is 5.71 Å². The third-order valence-corrected chi connectivity index (χ3v) is 1.000. The van der Waals surface area contributed by atoms with E-state index in [4.69, 9.17) is 5.11 Å². The number of nitrogens with zero attached hydrogens (tertiary/aromatic N) is 1. The zero-order valence-electron chi connectivity index (χ0n) is 7.31. The largest absolute Gasteiger partial charge is 0.396 e. The lowest BCUT2D eigenvalue weighted by molar-refractivity contribution is 0.306. The van der Waals surface area contributed by atoms with Gasteiger partial charge in [0.25, 0.3) is 0 Å². The quantitative estimate of drug-likeness (QED) is 0.585. The first kappa shape index (κ1) is 9.63. The minimum absolute atomic E-state index is 0.000741. The molecule has 0 aliphatic carbocycles. The summed E-state index contributed by atoms with van der Waals surface area (Å²) < 4.78 is 0. The maximum Gasteiger partial charge on any atom is 0.0523 e. The average Bonchev–Trinajstić information content (AvgIpc) is 1.59. The van der Waals surface area contributed by atoms with Crippen molar-refractivity contribution in [1.82, 2.24) is 0 Å². The zero-order valence-corrected chi connectivity index (χ0v) is 7.31. The summed E-state index contributed by atoms with van der Waals surface area (Å²) in [5, 5.41) is 8.55. The van der Waals surface area contributed by atoms with Crippen LogP contribution in [-0.4, -0.2) is 23.0 Å². The molecule has 0 aliphatic rings. The standard InChI is InChI=1S/C8H17NO/c1-7(5-6-10)9-8(2,3)4/h10H,5-6H2,1-4H3. The Kier molecular flexibility index (Phi) is 3.58. The predicted molar refractivity (Wildman–Crippen MR) is 44.6 cm³/mol. The van der Waals surface area contributed by atoms with Crippen molar-refractivity contribution in [3.63, 3.8) is 0 Å². The third kappa shape index (κ3) is 5.76. The maximum absolute atomic E-state index is 8.55. The summed E-state index contributed by atoms with van der Waals surface area (Å²) in [6.07, 6.45) is 0.692. The van der Waals surface area contributed by atoms with Crippen molar-refractivity contribution in [3.8, 4) is 0 Å². The van der Waals surface area contributed by atoms with Gasteiger partial charge in [-0.25, -0.2) is 0 Å². The molecule has 2 nitrogen and oxygen atoms in total. The summed E-state index contributed by atoms with van der Waals surface area (Å²) in [6, 6.07) is 0. The molecule has 0 saturated heterocycles. The fourth-order valence-corrected chi connectivity index (χ4v) is 0.790. The van der Waals surface area contributed by atoms with E-state index in [1.165, 1.54) is 0 Å². The number of hydrogen-bond donors (Lipinski definition) is 1. The number of aliphatic hydroxyl groups is 1. The lowest BCUT2D eigenvalue weighted by Gasteiger charge is -2.13. The molecule has 0 aromatic heterocycles. The Labute approximate surface area is 63.0 Å².